The number of allylic oxidation sites excluding steroid dienone is 4. The lowest BCUT2D eigenvalue weighted by molar-refractivity contribution is -0.0658. The van der Waals surface area contributed by atoms with Gasteiger partial charge in [-0.05, 0) is 68.6 Å². The Morgan fingerprint density at radius 3 is 1.57 bits per heavy atom. The van der Waals surface area contributed by atoms with E-state index in [0.717, 1.165) is 49.6 Å². The summed E-state index contributed by atoms with van der Waals surface area (Å²) in [4.78, 5) is 0. The summed E-state index contributed by atoms with van der Waals surface area (Å²) in [6.45, 7) is 6.22. The third-order valence-corrected chi connectivity index (χ3v) is 9.16. The molecule has 40 heavy (non-hydrogen) atoms. The van der Waals surface area contributed by atoms with Crippen LogP contribution in [0.4, 0.5) is 0 Å². The monoisotopic (exact) mass is 563 g/mol. The fourth-order valence-electron chi connectivity index (χ4n) is 6.70. The summed E-state index contributed by atoms with van der Waals surface area (Å²) in [5.41, 5.74) is 0. The van der Waals surface area contributed by atoms with E-state index in [1.54, 1.807) is 14.1 Å². The Morgan fingerprint density at radius 1 is 0.550 bits per heavy atom. The van der Waals surface area contributed by atoms with Crippen LogP contribution >= 0.6 is 0 Å². The summed E-state index contributed by atoms with van der Waals surface area (Å²) >= 11 is 0. The zero-order valence-electron chi connectivity index (χ0n) is 27.4. The highest BCUT2D eigenvalue weighted by atomic mass is 16.5. The lowest BCUT2D eigenvalue weighted by atomic mass is 9.66. The Labute approximate surface area is 250 Å². The Kier molecular flexibility index (Phi) is 24.3. The molecule has 0 saturated heterocycles. The van der Waals surface area contributed by atoms with E-state index in [4.69, 9.17) is 0 Å². The molecule has 2 N–H and O–H groups in total. The fourth-order valence-corrected chi connectivity index (χ4v) is 6.70. The van der Waals surface area contributed by atoms with Gasteiger partial charge in [-0.1, -0.05) is 134 Å². The third-order valence-electron chi connectivity index (χ3n) is 9.16. The number of hydrogen-bond donors (Lipinski definition) is 2. The lowest BCUT2D eigenvalue weighted by Crippen LogP contribution is -2.30. The van der Waals surface area contributed by atoms with Crippen LogP contribution in [-0.2, 0) is 0 Å². The SMILES string of the molecule is CCCCC/C=C/C1C(CCCCC)C=CC(CCCCCCCCN(C)O)C1CCCCCCCCN(C)O. The van der Waals surface area contributed by atoms with Crippen LogP contribution in [0, 0.1) is 23.7 Å². The van der Waals surface area contributed by atoms with E-state index in [0.29, 0.717) is 0 Å². The number of unbranched alkanes of at least 4 members (excludes halogenated alkanes) is 15. The first-order chi connectivity index (χ1) is 19.5. The Hall–Kier alpha value is -0.680. The molecule has 4 nitrogen and oxygen atoms in total. The average molecular weight is 563 g/mol. The van der Waals surface area contributed by atoms with E-state index in [9.17, 15) is 10.4 Å². The largest absolute Gasteiger partial charge is 0.314 e. The van der Waals surface area contributed by atoms with Gasteiger partial charge in [-0.2, -0.15) is 10.1 Å². The van der Waals surface area contributed by atoms with Crippen molar-refractivity contribution in [2.75, 3.05) is 27.2 Å². The van der Waals surface area contributed by atoms with E-state index >= 15 is 0 Å². The summed E-state index contributed by atoms with van der Waals surface area (Å²) in [6.07, 6.45) is 39.3. The molecule has 1 aliphatic carbocycles. The van der Waals surface area contributed by atoms with Gasteiger partial charge in [0.2, 0.25) is 0 Å². The van der Waals surface area contributed by atoms with Crippen LogP contribution in [0.5, 0.6) is 0 Å². The highest BCUT2D eigenvalue weighted by Gasteiger charge is 2.33. The van der Waals surface area contributed by atoms with Gasteiger partial charge < -0.3 is 10.4 Å². The first kappa shape index (κ1) is 37.3. The van der Waals surface area contributed by atoms with E-state index in [2.05, 4.69) is 38.2 Å². The maximum absolute atomic E-state index is 9.34. The molecule has 4 atom stereocenters. The normalized spacial score (nSPS) is 21.4. The molecular formula is C36H70N2O2. The number of hydrogen-bond acceptors (Lipinski definition) is 4. The van der Waals surface area contributed by atoms with Crippen molar-refractivity contribution in [1.82, 2.24) is 10.1 Å². The molecule has 0 heterocycles. The summed E-state index contributed by atoms with van der Waals surface area (Å²) in [7, 11) is 3.49. The van der Waals surface area contributed by atoms with Crippen LogP contribution in [0.3, 0.4) is 0 Å². The first-order valence-corrected chi connectivity index (χ1v) is 17.6. The molecule has 0 radical (unpaired) electrons. The third kappa shape index (κ3) is 19.4. The maximum Gasteiger partial charge on any atom is 0.0235 e. The van der Waals surface area contributed by atoms with E-state index in [1.807, 2.05) is 0 Å². The quantitative estimate of drug-likeness (QED) is 0.0594. The van der Waals surface area contributed by atoms with Crippen molar-refractivity contribution in [3.63, 3.8) is 0 Å². The molecule has 0 aromatic rings. The van der Waals surface area contributed by atoms with E-state index < -0.39 is 0 Å². The minimum atomic E-state index is 0.726. The molecule has 0 fully saturated rings. The minimum absolute atomic E-state index is 0.726. The predicted octanol–water partition coefficient (Wildman–Crippen LogP) is 10.8. The molecule has 4 unspecified atom stereocenters. The summed E-state index contributed by atoms with van der Waals surface area (Å²) in [5, 5.41) is 21.3. The van der Waals surface area contributed by atoms with Crippen LogP contribution in [0.15, 0.2) is 24.3 Å². The number of rotatable bonds is 27. The van der Waals surface area contributed by atoms with Crippen molar-refractivity contribution >= 4 is 0 Å². The van der Waals surface area contributed by atoms with Crippen molar-refractivity contribution in [2.24, 2.45) is 23.7 Å². The highest BCUT2D eigenvalue weighted by Crippen LogP contribution is 2.43. The van der Waals surface area contributed by atoms with Crippen molar-refractivity contribution in [1.29, 1.82) is 0 Å². The Morgan fingerprint density at radius 2 is 1.00 bits per heavy atom. The van der Waals surface area contributed by atoms with Crippen molar-refractivity contribution < 1.29 is 10.4 Å². The van der Waals surface area contributed by atoms with Crippen LogP contribution in [0.1, 0.15) is 155 Å². The molecular weight excluding hydrogens is 492 g/mol. The van der Waals surface area contributed by atoms with Gasteiger partial charge in [-0.3, -0.25) is 0 Å². The zero-order chi connectivity index (χ0) is 29.3. The van der Waals surface area contributed by atoms with Gasteiger partial charge >= 0.3 is 0 Å². The molecule has 0 aromatic heterocycles. The van der Waals surface area contributed by atoms with E-state index in [-0.39, 0.29) is 0 Å². The van der Waals surface area contributed by atoms with Crippen LogP contribution in [0.2, 0.25) is 0 Å². The van der Waals surface area contributed by atoms with Crippen molar-refractivity contribution in [3.8, 4) is 0 Å². The maximum atomic E-state index is 9.34. The average Bonchev–Trinajstić information content (AvgIpc) is 2.92. The lowest BCUT2D eigenvalue weighted by Gasteiger charge is -2.39. The second-order valence-corrected chi connectivity index (χ2v) is 13.0. The molecule has 0 bridgehead atoms. The zero-order valence-corrected chi connectivity index (χ0v) is 27.4. The highest BCUT2D eigenvalue weighted by molar-refractivity contribution is 5.10. The number of nitrogens with zero attached hydrogens (tertiary/aromatic N) is 2. The van der Waals surface area contributed by atoms with Crippen molar-refractivity contribution in [3.05, 3.63) is 24.3 Å². The van der Waals surface area contributed by atoms with Crippen LogP contribution in [-0.4, -0.2) is 47.7 Å². The number of hydroxylamine groups is 4. The van der Waals surface area contributed by atoms with Crippen molar-refractivity contribution in [2.45, 2.75) is 155 Å². The Bertz CT molecular complexity index is 604. The van der Waals surface area contributed by atoms with Gasteiger partial charge in [0.1, 0.15) is 0 Å². The summed E-state index contributed by atoms with van der Waals surface area (Å²) in [6, 6.07) is 0. The molecule has 0 saturated carbocycles. The van der Waals surface area contributed by atoms with Gasteiger partial charge in [-0.25, -0.2) is 0 Å². The van der Waals surface area contributed by atoms with Gasteiger partial charge in [-0.15, -0.1) is 0 Å². The standard InChI is InChI=1S/C36H70N2O2/c1-5-7-9-14-21-27-35-33(25-19-8-6-2)29-30-34(26-20-15-10-12-17-23-31-37(3)39)36(35)28-22-16-11-13-18-24-32-38(4)40/h21,27,29-30,33-36,39-40H,5-20,22-26,28,31-32H2,1-4H3/b27-21+. The minimum Gasteiger partial charge on any atom is -0.314 e. The van der Waals surface area contributed by atoms with E-state index in [1.165, 1.54) is 139 Å². The summed E-state index contributed by atoms with van der Waals surface area (Å²) < 4.78 is 0. The molecule has 0 aromatic carbocycles. The van der Waals surface area contributed by atoms with Gasteiger partial charge in [0, 0.05) is 27.2 Å². The second kappa shape index (κ2) is 26.0. The molecule has 1 rings (SSSR count). The fraction of sp³-hybridized carbons (Fsp3) is 0.889. The second-order valence-electron chi connectivity index (χ2n) is 13.0. The van der Waals surface area contributed by atoms with Crippen LogP contribution < -0.4 is 0 Å². The first-order valence-electron chi connectivity index (χ1n) is 17.6. The molecule has 4 heteroatoms. The van der Waals surface area contributed by atoms with Crippen LogP contribution in [0.25, 0.3) is 0 Å². The molecule has 0 amide bonds. The topological polar surface area (TPSA) is 46.9 Å². The molecule has 236 valence electrons. The van der Waals surface area contributed by atoms with Gasteiger partial charge in [0.15, 0.2) is 0 Å². The predicted molar refractivity (Wildman–Crippen MR) is 174 cm³/mol. The molecule has 1 aliphatic rings. The van der Waals surface area contributed by atoms with Gasteiger partial charge in [0.05, 0.1) is 0 Å². The molecule has 0 aliphatic heterocycles. The smallest absolute Gasteiger partial charge is 0.0235 e. The molecule has 0 spiro atoms. The van der Waals surface area contributed by atoms with Gasteiger partial charge in [0.25, 0.3) is 0 Å². The summed E-state index contributed by atoms with van der Waals surface area (Å²) in [5.74, 6) is 3.01. The Balaban J connectivity index is 2.70.